The van der Waals surface area contributed by atoms with Crippen molar-refractivity contribution in [2.45, 2.75) is 31.9 Å². The summed E-state index contributed by atoms with van der Waals surface area (Å²) in [5.41, 5.74) is 1.82. The van der Waals surface area contributed by atoms with E-state index in [-0.39, 0.29) is 23.8 Å². The van der Waals surface area contributed by atoms with Crippen molar-refractivity contribution in [1.82, 2.24) is 19.7 Å². The van der Waals surface area contributed by atoms with E-state index in [0.29, 0.717) is 42.7 Å². The maximum Gasteiger partial charge on any atom is 0.263 e. The van der Waals surface area contributed by atoms with Gasteiger partial charge in [-0.1, -0.05) is 17.4 Å². The van der Waals surface area contributed by atoms with Gasteiger partial charge in [0.15, 0.2) is 5.13 Å². The van der Waals surface area contributed by atoms with Crippen LogP contribution in [-0.4, -0.2) is 58.7 Å². The summed E-state index contributed by atoms with van der Waals surface area (Å²) in [6.07, 6.45) is 9.70. The summed E-state index contributed by atoms with van der Waals surface area (Å²) in [6.45, 7) is 2.59. The largest absolute Gasteiger partial charge is 0.381 e. The summed E-state index contributed by atoms with van der Waals surface area (Å²) in [4.78, 5) is 36.7. The molecular formula is C22H25N5O4S. The van der Waals surface area contributed by atoms with E-state index in [1.807, 2.05) is 28.9 Å². The van der Waals surface area contributed by atoms with Gasteiger partial charge in [-0.15, -0.1) is 0 Å². The number of amides is 2. The predicted molar refractivity (Wildman–Crippen MR) is 119 cm³/mol. The average Bonchev–Trinajstić information content (AvgIpc) is 3.62. The van der Waals surface area contributed by atoms with Crippen LogP contribution in [0.3, 0.4) is 0 Å². The Balaban J connectivity index is 1.27. The molecule has 3 aromatic rings. The first-order valence-corrected chi connectivity index (χ1v) is 11.7. The molecule has 2 amide bonds. The van der Waals surface area contributed by atoms with Gasteiger partial charge in [0.1, 0.15) is 10.5 Å². The smallest absolute Gasteiger partial charge is 0.263 e. The summed E-state index contributed by atoms with van der Waals surface area (Å²) in [7, 11) is 0. The molecule has 1 N–H and O–H groups in total. The Hall–Kier alpha value is -2.82. The maximum absolute atomic E-state index is 13.2. The van der Waals surface area contributed by atoms with Gasteiger partial charge in [-0.05, 0) is 30.9 Å². The van der Waals surface area contributed by atoms with E-state index in [9.17, 15) is 9.59 Å². The van der Waals surface area contributed by atoms with Crippen molar-refractivity contribution in [3.8, 4) is 0 Å². The fourth-order valence-corrected chi connectivity index (χ4v) is 4.89. The molecule has 2 atom stereocenters. The molecule has 1 unspecified atom stereocenters. The van der Waals surface area contributed by atoms with Gasteiger partial charge in [-0.25, -0.2) is 9.97 Å². The van der Waals surface area contributed by atoms with Crippen LogP contribution in [0.2, 0.25) is 0 Å². The standard InChI is InChI=1S/C22H25N5O4S/c28-20(24-10-15-3-4-19-23-6-7-26(19)12-15)18-11-25-22(32-18)27(13-17-2-1-8-31-17)21(29)16-5-9-30-14-16/h3-4,6-7,11-12,16-17H,1-2,5,8-10,13-14H2,(H,24,28)/t16?,17-/m0/s1. The molecule has 168 valence electrons. The lowest BCUT2D eigenvalue weighted by Gasteiger charge is -2.25. The number of aromatic nitrogens is 3. The number of imidazole rings is 1. The van der Waals surface area contributed by atoms with Crippen LogP contribution < -0.4 is 10.2 Å². The van der Waals surface area contributed by atoms with Crippen LogP contribution in [0.1, 0.15) is 34.5 Å². The minimum absolute atomic E-state index is 0.000501. The van der Waals surface area contributed by atoms with E-state index < -0.39 is 0 Å². The van der Waals surface area contributed by atoms with Crippen LogP contribution in [0, 0.1) is 5.92 Å². The summed E-state index contributed by atoms with van der Waals surface area (Å²) in [5.74, 6) is -0.392. The van der Waals surface area contributed by atoms with Crippen LogP contribution in [0.15, 0.2) is 36.9 Å². The van der Waals surface area contributed by atoms with Crippen molar-refractivity contribution >= 4 is 33.9 Å². The van der Waals surface area contributed by atoms with Gasteiger partial charge < -0.3 is 19.2 Å². The van der Waals surface area contributed by atoms with Gasteiger partial charge in [0.05, 0.1) is 31.4 Å². The van der Waals surface area contributed by atoms with Gasteiger partial charge in [-0.3, -0.25) is 14.5 Å². The molecule has 0 aliphatic carbocycles. The molecule has 32 heavy (non-hydrogen) atoms. The third-order valence-corrected chi connectivity index (χ3v) is 6.83. The van der Waals surface area contributed by atoms with Crippen LogP contribution >= 0.6 is 11.3 Å². The molecule has 2 saturated heterocycles. The summed E-state index contributed by atoms with van der Waals surface area (Å²) >= 11 is 1.23. The number of carbonyl (C=O) groups excluding carboxylic acids is 2. The van der Waals surface area contributed by atoms with Gasteiger partial charge >= 0.3 is 0 Å². The molecule has 0 radical (unpaired) electrons. The predicted octanol–water partition coefficient (Wildman–Crippen LogP) is 2.27. The first kappa shape index (κ1) is 21.0. The second-order valence-electron chi connectivity index (χ2n) is 8.06. The van der Waals surface area contributed by atoms with Gasteiger partial charge in [0.25, 0.3) is 5.91 Å². The van der Waals surface area contributed by atoms with Crippen molar-refractivity contribution < 1.29 is 19.1 Å². The number of nitrogens with one attached hydrogen (secondary N) is 1. The lowest BCUT2D eigenvalue weighted by molar-refractivity contribution is -0.122. The zero-order chi connectivity index (χ0) is 21.9. The molecule has 0 saturated carbocycles. The Labute approximate surface area is 189 Å². The van der Waals surface area contributed by atoms with E-state index in [4.69, 9.17) is 9.47 Å². The fraction of sp³-hybridized carbons (Fsp3) is 0.455. The normalized spacial score (nSPS) is 20.6. The molecule has 3 aromatic heterocycles. The summed E-state index contributed by atoms with van der Waals surface area (Å²) in [6, 6.07) is 3.85. The van der Waals surface area contributed by atoms with E-state index in [0.717, 1.165) is 30.7 Å². The minimum atomic E-state index is -0.215. The third kappa shape index (κ3) is 4.52. The highest BCUT2D eigenvalue weighted by atomic mass is 32.1. The van der Waals surface area contributed by atoms with Crippen LogP contribution in [-0.2, 0) is 20.8 Å². The van der Waals surface area contributed by atoms with E-state index in [2.05, 4.69) is 15.3 Å². The monoisotopic (exact) mass is 455 g/mol. The van der Waals surface area contributed by atoms with Gasteiger partial charge in [0.2, 0.25) is 5.91 Å². The number of carbonyl (C=O) groups is 2. The van der Waals surface area contributed by atoms with Crippen molar-refractivity contribution in [2.75, 3.05) is 31.3 Å². The molecule has 5 rings (SSSR count). The zero-order valence-electron chi connectivity index (χ0n) is 17.6. The van der Waals surface area contributed by atoms with Gasteiger partial charge in [0, 0.05) is 38.3 Å². The Morgan fingerprint density at radius 1 is 1.25 bits per heavy atom. The second kappa shape index (κ2) is 9.35. The molecule has 2 aliphatic rings. The number of fused-ring (bicyclic) bond motifs is 1. The first-order valence-electron chi connectivity index (χ1n) is 10.8. The topological polar surface area (TPSA) is 98.1 Å². The van der Waals surface area contributed by atoms with E-state index >= 15 is 0 Å². The van der Waals surface area contributed by atoms with Crippen LogP contribution in [0.25, 0.3) is 5.65 Å². The average molecular weight is 456 g/mol. The first-order chi connectivity index (χ1) is 15.7. The Bertz CT molecular complexity index is 1100. The lowest BCUT2D eigenvalue weighted by atomic mass is 10.1. The molecule has 2 aliphatic heterocycles. The number of hydrogen-bond acceptors (Lipinski definition) is 7. The molecule has 9 nitrogen and oxygen atoms in total. The van der Waals surface area contributed by atoms with E-state index in [1.54, 1.807) is 11.1 Å². The molecule has 0 spiro atoms. The Morgan fingerprint density at radius 2 is 2.19 bits per heavy atom. The van der Waals surface area contributed by atoms with Crippen LogP contribution in [0.5, 0.6) is 0 Å². The quantitative estimate of drug-likeness (QED) is 0.587. The number of pyridine rings is 1. The number of ether oxygens (including phenoxy) is 2. The number of hydrogen-bond donors (Lipinski definition) is 1. The molecule has 2 fully saturated rings. The number of thiazole rings is 1. The van der Waals surface area contributed by atoms with Crippen molar-refractivity contribution in [1.29, 1.82) is 0 Å². The summed E-state index contributed by atoms with van der Waals surface area (Å²) < 4.78 is 13.1. The highest BCUT2D eigenvalue weighted by molar-refractivity contribution is 7.17. The minimum Gasteiger partial charge on any atom is -0.381 e. The Morgan fingerprint density at radius 3 is 3.00 bits per heavy atom. The third-order valence-electron chi connectivity index (χ3n) is 5.81. The van der Waals surface area contributed by atoms with Crippen molar-refractivity contribution in [3.63, 3.8) is 0 Å². The number of rotatable bonds is 7. The number of anilines is 1. The molecule has 0 bridgehead atoms. The van der Waals surface area contributed by atoms with Crippen molar-refractivity contribution in [2.24, 2.45) is 5.92 Å². The van der Waals surface area contributed by atoms with Gasteiger partial charge in [-0.2, -0.15) is 0 Å². The van der Waals surface area contributed by atoms with Crippen LogP contribution in [0.4, 0.5) is 5.13 Å². The molecule has 0 aromatic carbocycles. The molecule has 10 heteroatoms. The summed E-state index contributed by atoms with van der Waals surface area (Å²) in [5, 5.41) is 3.46. The van der Waals surface area contributed by atoms with Crippen molar-refractivity contribution in [3.05, 3.63) is 47.4 Å². The highest BCUT2D eigenvalue weighted by Gasteiger charge is 2.33. The Kier molecular flexibility index (Phi) is 6.15. The lowest BCUT2D eigenvalue weighted by Crippen LogP contribution is -2.41. The number of nitrogens with zero attached hydrogens (tertiary/aromatic N) is 4. The van der Waals surface area contributed by atoms with E-state index in [1.165, 1.54) is 17.5 Å². The molecule has 5 heterocycles. The SMILES string of the molecule is O=C(NCc1ccc2nccn2c1)c1cnc(N(C[C@@H]2CCCO2)C(=O)C2CCOC2)s1. The second-order valence-corrected chi connectivity index (χ2v) is 9.07. The highest BCUT2D eigenvalue weighted by Crippen LogP contribution is 2.28. The maximum atomic E-state index is 13.2. The molecular weight excluding hydrogens is 430 g/mol. The zero-order valence-corrected chi connectivity index (χ0v) is 18.4. The fourth-order valence-electron chi connectivity index (χ4n) is 4.04.